The van der Waals surface area contributed by atoms with E-state index in [0.29, 0.717) is 13.1 Å². The lowest BCUT2D eigenvalue weighted by atomic mass is 10.1. The SMILES string of the molecule is CC(C)(C)OC(=O)NCc1ccc(CNc2cnc3[nH]c4cnc(-c5cccnc5)cc4c3c2)cc1. The number of fused-ring (bicyclic) bond motifs is 3. The Labute approximate surface area is 209 Å². The molecule has 0 spiro atoms. The Balaban J connectivity index is 1.26. The Morgan fingerprint density at radius 1 is 0.944 bits per heavy atom. The Hall–Kier alpha value is -4.46. The smallest absolute Gasteiger partial charge is 0.407 e. The number of nitrogens with zero attached hydrogens (tertiary/aromatic N) is 3. The molecule has 0 unspecified atom stereocenters. The molecule has 4 aromatic heterocycles. The molecule has 36 heavy (non-hydrogen) atoms. The van der Waals surface area contributed by atoms with Crippen molar-refractivity contribution in [3.05, 3.63) is 84.4 Å². The minimum atomic E-state index is -0.511. The van der Waals surface area contributed by atoms with Crippen LogP contribution in [-0.2, 0) is 17.8 Å². The topological polar surface area (TPSA) is 105 Å². The molecule has 5 rings (SSSR count). The van der Waals surface area contributed by atoms with E-state index in [0.717, 1.165) is 50.0 Å². The number of nitrogens with one attached hydrogen (secondary N) is 3. The fraction of sp³-hybridized carbons (Fsp3) is 0.214. The first kappa shape index (κ1) is 23.3. The van der Waals surface area contributed by atoms with Crippen LogP contribution in [0, 0.1) is 0 Å². The molecule has 8 heteroatoms. The fourth-order valence-corrected chi connectivity index (χ4v) is 3.91. The van der Waals surface area contributed by atoms with Crippen molar-refractivity contribution in [2.75, 3.05) is 5.32 Å². The van der Waals surface area contributed by atoms with Crippen molar-refractivity contribution in [1.29, 1.82) is 0 Å². The van der Waals surface area contributed by atoms with Crippen molar-refractivity contribution in [3.8, 4) is 11.3 Å². The number of ether oxygens (including phenoxy) is 1. The van der Waals surface area contributed by atoms with Gasteiger partial charge in [0.2, 0.25) is 0 Å². The molecule has 1 aromatic carbocycles. The number of hydrogen-bond donors (Lipinski definition) is 3. The summed E-state index contributed by atoms with van der Waals surface area (Å²) >= 11 is 0. The van der Waals surface area contributed by atoms with Crippen molar-refractivity contribution in [2.45, 2.75) is 39.5 Å². The van der Waals surface area contributed by atoms with Gasteiger partial charge in [0.1, 0.15) is 11.2 Å². The van der Waals surface area contributed by atoms with Gasteiger partial charge in [0, 0.05) is 41.8 Å². The monoisotopic (exact) mass is 480 g/mol. The molecule has 0 bridgehead atoms. The number of rotatable bonds is 6. The second-order valence-corrected chi connectivity index (χ2v) is 9.63. The van der Waals surface area contributed by atoms with Crippen LogP contribution in [0.4, 0.5) is 10.5 Å². The predicted octanol–water partition coefficient (Wildman–Crippen LogP) is 5.81. The number of anilines is 1. The molecule has 0 radical (unpaired) electrons. The van der Waals surface area contributed by atoms with E-state index in [9.17, 15) is 4.79 Å². The second kappa shape index (κ2) is 9.65. The first-order valence-electron chi connectivity index (χ1n) is 11.8. The maximum atomic E-state index is 11.8. The molecule has 0 saturated carbocycles. The standard InChI is InChI=1S/C28H28N6O2/c1-28(2,3)36-27(35)33-14-19-8-6-18(7-9-19)13-30-21-11-23-22-12-24(20-5-4-10-29-15-20)31-17-25(22)34-26(23)32-16-21/h4-12,15-17,30H,13-14H2,1-3H3,(H,32,34)(H,33,35). The molecular formula is C28H28N6O2. The molecule has 0 aliphatic carbocycles. The molecular weight excluding hydrogens is 452 g/mol. The highest BCUT2D eigenvalue weighted by atomic mass is 16.6. The summed E-state index contributed by atoms with van der Waals surface area (Å²) in [5.41, 5.74) is 6.15. The number of aromatic nitrogens is 4. The molecule has 1 amide bonds. The molecule has 4 heterocycles. The van der Waals surface area contributed by atoms with Gasteiger partial charge < -0.3 is 20.4 Å². The van der Waals surface area contributed by atoms with Gasteiger partial charge in [0.05, 0.1) is 29.3 Å². The van der Waals surface area contributed by atoms with Gasteiger partial charge in [-0.1, -0.05) is 24.3 Å². The first-order chi connectivity index (χ1) is 17.3. The van der Waals surface area contributed by atoms with Crippen LogP contribution >= 0.6 is 0 Å². The quantitative estimate of drug-likeness (QED) is 0.283. The number of alkyl carbamates (subject to hydrolysis) is 1. The maximum Gasteiger partial charge on any atom is 0.407 e. The number of benzene rings is 1. The van der Waals surface area contributed by atoms with Crippen molar-refractivity contribution >= 4 is 33.7 Å². The van der Waals surface area contributed by atoms with E-state index in [-0.39, 0.29) is 0 Å². The summed E-state index contributed by atoms with van der Waals surface area (Å²) in [6.45, 7) is 6.60. The third-order valence-electron chi connectivity index (χ3n) is 5.65. The maximum absolute atomic E-state index is 11.8. The van der Waals surface area contributed by atoms with Crippen molar-refractivity contribution in [2.24, 2.45) is 0 Å². The van der Waals surface area contributed by atoms with Crippen LogP contribution in [0.25, 0.3) is 33.2 Å². The Bertz CT molecular complexity index is 1500. The highest BCUT2D eigenvalue weighted by Gasteiger charge is 2.15. The van der Waals surface area contributed by atoms with E-state index in [1.165, 1.54) is 0 Å². The van der Waals surface area contributed by atoms with E-state index >= 15 is 0 Å². The minimum Gasteiger partial charge on any atom is -0.444 e. The number of pyridine rings is 3. The second-order valence-electron chi connectivity index (χ2n) is 9.63. The number of H-pyrrole nitrogens is 1. The predicted molar refractivity (Wildman–Crippen MR) is 141 cm³/mol. The van der Waals surface area contributed by atoms with E-state index in [1.807, 2.05) is 75.8 Å². The van der Waals surface area contributed by atoms with Crippen LogP contribution in [0.5, 0.6) is 0 Å². The van der Waals surface area contributed by atoms with Crippen LogP contribution < -0.4 is 10.6 Å². The number of aromatic amines is 1. The van der Waals surface area contributed by atoms with Gasteiger partial charge in [0.15, 0.2) is 0 Å². The summed E-state index contributed by atoms with van der Waals surface area (Å²) in [5.74, 6) is 0. The molecule has 0 aliphatic heterocycles. The zero-order valence-electron chi connectivity index (χ0n) is 20.5. The van der Waals surface area contributed by atoms with Crippen molar-refractivity contribution in [3.63, 3.8) is 0 Å². The average Bonchev–Trinajstić information content (AvgIpc) is 3.23. The van der Waals surface area contributed by atoms with Gasteiger partial charge in [-0.05, 0) is 56.2 Å². The number of hydrogen-bond acceptors (Lipinski definition) is 6. The summed E-state index contributed by atoms with van der Waals surface area (Å²) in [5, 5.41) is 8.34. The summed E-state index contributed by atoms with van der Waals surface area (Å²) in [4.78, 5) is 28.6. The van der Waals surface area contributed by atoms with E-state index < -0.39 is 11.7 Å². The normalized spacial score (nSPS) is 11.5. The number of carbonyl (C=O) groups is 1. The highest BCUT2D eigenvalue weighted by Crippen LogP contribution is 2.29. The third kappa shape index (κ3) is 5.43. The van der Waals surface area contributed by atoms with E-state index in [2.05, 4.69) is 42.7 Å². The lowest BCUT2D eigenvalue weighted by molar-refractivity contribution is 0.0523. The molecule has 3 N–H and O–H groups in total. The summed E-state index contributed by atoms with van der Waals surface area (Å²) < 4.78 is 5.28. The Kier molecular flexibility index (Phi) is 6.25. The van der Waals surface area contributed by atoms with Gasteiger partial charge >= 0.3 is 6.09 Å². The fourth-order valence-electron chi connectivity index (χ4n) is 3.91. The lowest BCUT2D eigenvalue weighted by Crippen LogP contribution is -2.32. The molecule has 0 saturated heterocycles. The van der Waals surface area contributed by atoms with Crippen molar-refractivity contribution in [1.82, 2.24) is 25.3 Å². The van der Waals surface area contributed by atoms with Crippen molar-refractivity contribution < 1.29 is 9.53 Å². The zero-order valence-corrected chi connectivity index (χ0v) is 20.5. The lowest BCUT2D eigenvalue weighted by Gasteiger charge is -2.19. The van der Waals surface area contributed by atoms with Crippen LogP contribution in [-0.4, -0.2) is 31.6 Å². The van der Waals surface area contributed by atoms with Gasteiger partial charge in [-0.3, -0.25) is 9.97 Å². The summed E-state index contributed by atoms with van der Waals surface area (Å²) in [7, 11) is 0. The molecule has 0 fully saturated rings. The largest absolute Gasteiger partial charge is 0.444 e. The molecule has 182 valence electrons. The van der Waals surface area contributed by atoms with Gasteiger partial charge in [0.25, 0.3) is 0 Å². The summed E-state index contributed by atoms with van der Waals surface area (Å²) in [6.07, 6.45) is 6.81. The molecule has 5 aromatic rings. The summed E-state index contributed by atoms with van der Waals surface area (Å²) in [6, 6.07) is 16.2. The van der Waals surface area contributed by atoms with E-state index in [4.69, 9.17) is 4.74 Å². The third-order valence-corrected chi connectivity index (χ3v) is 5.65. The zero-order chi connectivity index (χ0) is 25.1. The number of amides is 1. The number of carbonyl (C=O) groups excluding carboxylic acids is 1. The first-order valence-corrected chi connectivity index (χ1v) is 11.8. The van der Waals surface area contributed by atoms with Crippen LogP contribution in [0.1, 0.15) is 31.9 Å². The molecule has 0 aliphatic rings. The van der Waals surface area contributed by atoms with Gasteiger partial charge in [-0.2, -0.15) is 0 Å². The Morgan fingerprint density at radius 2 is 1.72 bits per heavy atom. The van der Waals surface area contributed by atoms with Gasteiger partial charge in [-0.25, -0.2) is 9.78 Å². The highest BCUT2D eigenvalue weighted by molar-refractivity contribution is 6.07. The average molecular weight is 481 g/mol. The minimum absolute atomic E-state index is 0.416. The van der Waals surface area contributed by atoms with Crippen LogP contribution in [0.2, 0.25) is 0 Å². The van der Waals surface area contributed by atoms with E-state index in [1.54, 1.807) is 6.20 Å². The van der Waals surface area contributed by atoms with Crippen LogP contribution in [0.3, 0.4) is 0 Å². The molecule has 0 atom stereocenters. The Morgan fingerprint density at radius 3 is 2.44 bits per heavy atom. The van der Waals surface area contributed by atoms with Gasteiger partial charge in [-0.15, -0.1) is 0 Å². The molecule has 8 nitrogen and oxygen atoms in total. The van der Waals surface area contributed by atoms with Crippen LogP contribution in [0.15, 0.2) is 73.3 Å².